The second kappa shape index (κ2) is 7.62. The van der Waals surface area contributed by atoms with Gasteiger partial charge in [0.05, 0.1) is 13.5 Å². The molecule has 2 rings (SSSR count). The minimum absolute atomic E-state index is 0.00467. The molecule has 1 amide bonds. The minimum Gasteiger partial charge on any atom is -0.496 e. The van der Waals surface area contributed by atoms with Crippen molar-refractivity contribution in [3.05, 3.63) is 29.3 Å². The van der Waals surface area contributed by atoms with Gasteiger partial charge >= 0.3 is 0 Å². The largest absolute Gasteiger partial charge is 0.496 e. The fraction of sp³-hybridized carbons (Fsp3) is 0.579. The van der Waals surface area contributed by atoms with Gasteiger partial charge in [-0.3, -0.25) is 9.59 Å². The van der Waals surface area contributed by atoms with E-state index in [1.807, 2.05) is 0 Å². The predicted molar refractivity (Wildman–Crippen MR) is 90.8 cm³/mol. The molecule has 0 aromatic heterocycles. The van der Waals surface area contributed by atoms with E-state index in [0.29, 0.717) is 23.1 Å². The Kier molecular flexibility index (Phi) is 5.80. The Bertz CT molecular complexity index is 582. The van der Waals surface area contributed by atoms with Gasteiger partial charge in [0.1, 0.15) is 5.75 Å². The van der Waals surface area contributed by atoms with Crippen molar-refractivity contribution in [2.45, 2.75) is 52.5 Å². The smallest absolute Gasteiger partial charge is 0.224 e. The van der Waals surface area contributed by atoms with Crippen LogP contribution in [0.25, 0.3) is 0 Å². The molecule has 0 spiro atoms. The van der Waals surface area contributed by atoms with Gasteiger partial charge in [-0.2, -0.15) is 0 Å². The first-order chi connectivity index (χ1) is 10.9. The highest BCUT2D eigenvalue weighted by Gasteiger charge is 2.28. The number of nitrogens with one attached hydrogen (secondary N) is 1. The number of ketones is 1. The second-order valence-electron chi connectivity index (χ2n) is 6.70. The summed E-state index contributed by atoms with van der Waals surface area (Å²) in [6.45, 7) is 5.99. The fourth-order valence-corrected chi connectivity index (χ4v) is 3.35. The van der Waals surface area contributed by atoms with Gasteiger partial charge in [-0.25, -0.2) is 0 Å². The van der Waals surface area contributed by atoms with Crippen molar-refractivity contribution in [3.63, 3.8) is 0 Å². The van der Waals surface area contributed by atoms with Crippen LogP contribution in [0.1, 0.15) is 56.0 Å². The third-order valence-electron chi connectivity index (χ3n) is 5.09. The molecule has 4 heteroatoms. The van der Waals surface area contributed by atoms with E-state index in [2.05, 4.69) is 19.2 Å². The summed E-state index contributed by atoms with van der Waals surface area (Å²) in [4.78, 5) is 24.0. The number of rotatable bonds is 5. The van der Waals surface area contributed by atoms with Gasteiger partial charge in [-0.15, -0.1) is 0 Å². The first-order valence-corrected chi connectivity index (χ1v) is 8.39. The van der Waals surface area contributed by atoms with Gasteiger partial charge in [-0.05, 0) is 43.4 Å². The summed E-state index contributed by atoms with van der Waals surface area (Å²) < 4.78 is 5.32. The van der Waals surface area contributed by atoms with Gasteiger partial charge in [0.25, 0.3) is 0 Å². The molecule has 3 unspecified atom stereocenters. The number of amides is 1. The molecule has 4 nitrogen and oxygen atoms in total. The van der Waals surface area contributed by atoms with Crippen LogP contribution in [-0.2, 0) is 11.2 Å². The van der Waals surface area contributed by atoms with Crippen molar-refractivity contribution in [1.29, 1.82) is 0 Å². The number of hydrogen-bond acceptors (Lipinski definition) is 3. The van der Waals surface area contributed by atoms with Crippen LogP contribution in [0.15, 0.2) is 18.2 Å². The average molecular weight is 317 g/mol. The molecule has 1 N–H and O–H groups in total. The van der Waals surface area contributed by atoms with E-state index in [9.17, 15) is 9.59 Å². The van der Waals surface area contributed by atoms with Gasteiger partial charge in [0.15, 0.2) is 5.78 Å². The van der Waals surface area contributed by atoms with E-state index >= 15 is 0 Å². The molecule has 23 heavy (non-hydrogen) atoms. The monoisotopic (exact) mass is 317 g/mol. The first kappa shape index (κ1) is 17.5. The number of methoxy groups -OCH3 is 1. The Morgan fingerprint density at radius 1 is 1.26 bits per heavy atom. The number of hydrogen-bond donors (Lipinski definition) is 1. The number of Topliss-reactive ketones (excluding diaryl/α,β-unsaturated/α-hetero) is 1. The number of carbonyl (C=O) groups is 2. The normalized spacial score (nSPS) is 24.1. The molecule has 0 heterocycles. The van der Waals surface area contributed by atoms with Crippen molar-refractivity contribution >= 4 is 11.7 Å². The summed E-state index contributed by atoms with van der Waals surface area (Å²) in [5, 5.41) is 3.17. The lowest BCUT2D eigenvalue weighted by Gasteiger charge is -2.34. The number of ether oxygens (including phenoxy) is 1. The molecule has 1 aromatic carbocycles. The highest BCUT2D eigenvalue weighted by Crippen LogP contribution is 2.29. The Morgan fingerprint density at radius 3 is 2.65 bits per heavy atom. The van der Waals surface area contributed by atoms with E-state index in [4.69, 9.17) is 4.74 Å². The lowest BCUT2D eigenvalue weighted by Crippen LogP contribution is -2.44. The standard InChI is InChI=1S/C19H27NO3/c1-12-6-5-7-17(13(12)2)20-19(22)11-16-10-15(14(3)21)8-9-18(16)23-4/h8-10,12-13,17H,5-7,11H2,1-4H3,(H,20,22). The van der Waals surface area contributed by atoms with Crippen molar-refractivity contribution in [3.8, 4) is 5.75 Å². The summed E-state index contributed by atoms with van der Waals surface area (Å²) in [5.41, 5.74) is 1.36. The lowest BCUT2D eigenvalue weighted by atomic mass is 9.78. The molecule has 1 fully saturated rings. The zero-order chi connectivity index (χ0) is 17.0. The van der Waals surface area contributed by atoms with Crippen molar-refractivity contribution in [1.82, 2.24) is 5.32 Å². The van der Waals surface area contributed by atoms with Crippen LogP contribution in [-0.4, -0.2) is 24.8 Å². The highest BCUT2D eigenvalue weighted by molar-refractivity contribution is 5.94. The SMILES string of the molecule is COc1ccc(C(C)=O)cc1CC(=O)NC1CCCC(C)C1C. The van der Waals surface area contributed by atoms with E-state index in [-0.39, 0.29) is 24.2 Å². The van der Waals surface area contributed by atoms with Crippen LogP contribution >= 0.6 is 0 Å². The molecule has 1 aromatic rings. The Balaban J connectivity index is 2.07. The first-order valence-electron chi connectivity index (χ1n) is 8.39. The number of carbonyl (C=O) groups excluding carboxylic acids is 2. The van der Waals surface area contributed by atoms with E-state index in [1.54, 1.807) is 25.3 Å². The molecule has 1 aliphatic carbocycles. The number of benzene rings is 1. The summed E-state index contributed by atoms with van der Waals surface area (Å²) in [7, 11) is 1.58. The third kappa shape index (κ3) is 4.34. The van der Waals surface area contributed by atoms with Gasteiger partial charge < -0.3 is 10.1 Å². The summed E-state index contributed by atoms with van der Waals surface area (Å²) >= 11 is 0. The van der Waals surface area contributed by atoms with Gasteiger partial charge in [-0.1, -0.05) is 26.7 Å². The van der Waals surface area contributed by atoms with Crippen molar-refractivity contribution < 1.29 is 14.3 Å². The van der Waals surface area contributed by atoms with E-state index < -0.39 is 0 Å². The van der Waals surface area contributed by atoms with Crippen LogP contribution in [0.4, 0.5) is 0 Å². The summed E-state index contributed by atoms with van der Waals surface area (Å²) in [6, 6.07) is 5.49. The van der Waals surface area contributed by atoms with Gasteiger partial charge in [0, 0.05) is 17.2 Å². The van der Waals surface area contributed by atoms with E-state index in [1.165, 1.54) is 19.8 Å². The van der Waals surface area contributed by atoms with Crippen molar-refractivity contribution in [2.75, 3.05) is 7.11 Å². The van der Waals surface area contributed by atoms with Crippen LogP contribution in [0, 0.1) is 11.8 Å². The molecule has 0 radical (unpaired) electrons. The van der Waals surface area contributed by atoms with E-state index in [0.717, 1.165) is 12.0 Å². The molecular weight excluding hydrogens is 290 g/mol. The van der Waals surface area contributed by atoms with Crippen LogP contribution in [0.2, 0.25) is 0 Å². The quantitative estimate of drug-likeness (QED) is 0.847. The summed E-state index contributed by atoms with van der Waals surface area (Å²) in [6.07, 6.45) is 3.69. The Hall–Kier alpha value is -1.84. The average Bonchev–Trinajstić information content (AvgIpc) is 2.51. The molecule has 1 saturated carbocycles. The Morgan fingerprint density at radius 2 is 2.00 bits per heavy atom. The molecule has 0 bridgehead atoms. The molecule has 0 aliphatic heterocycles. The molecular formula is C19H27NO3. The molecule has 126 valence electrons. The predicted octanol–water partition coefficient (Wildman–Crippen LogP) is 3.38. The second-order valence-corrected chi connectivity index (χ2v) is 6.70. The lowest BCUT2D eigenvalue weighted by molar-refractivity contribution is -0.121. The topological polar surface area (TPSA) is 55.4 Å². The third-order valence-corrected chi connectivity index (χ3v) is 5.09. The van der Waals surface area contributed by atoms with Crippen molar-refractivity contribution in [2.24, 2.45) is 11.8 Å². The fourth-order valence-electron chi connectivity index (χ4n) is 3.35. The molecule has 3 atom stereocenters. The van der Waals surface area contributed by atoms with Gasteiger partial charge in [0.2, 0.25) is 5.91 Å². The maximum absolute atomic E-state index is 12.4. The highest BCUT2D eigenvalue weighted by atomic mass is 16.5. The maximum Gasteiger partial charge on any atom is 0.224 e. The molecule has 1 aliphatic rings. The molecule has 0 saturated heterocycles. The van der Waals surface area contributed by atoms with Crippen LogP contribution in [0.3, 0.4) is 0 Å². The van der Waals surface area contributed by atoms with Crippen LogP contribution in [0.5, 0.6) is 5.75 Å². The minimum atomic E-state index is -0.0101. The zero-order valence-electron chi connectivity index (χ0n) is 14.5. The van der Waals surface area contributed by atoms with Crippen LogP contribution < -0.4 is 10.1 Å². The Labute approximate surface area is 138 Å². The maximum atomic E-state index is 12.4. The zero-order valence-corrected chi connectivity index (χ0v) is 14.5. The summed E-state index contributed by atoms with van der Waals surface area (Å²) in [5.74, 6) is 1.77.